The summed E-state index contributed by atoms with van der Waals surface area (Å²) in [5.41, 5.74) is 6.87. The van der Waals surface area contributed by atoms with E-state index in [-0.39, 0.29) is 5.91 Å². The van der Waals surface area contributed by atoms with Gasteiger partial charge in [-0.1, -0.05) is 29.4 Å². The summed E-state index contributed by atoms with van der Waals surface area (Å²) < 4.78 is 5.17. The molecule has 6 heteroatoms. The molecule has 29 heavy (non-hydrogen) atoms. The first-order chi connectivity index (χ1) is 14.1. The van der Waals surface area contributed by atoms with E-state index >= 15 is 0 Å². The average Bonchev–Trinajstić information content (AvgIpc) is 3.34. The number of fused-ring (bicyclic) bond motifs is 2. The maximum atomic E-state index is 13.1. The van der Waals surface area contributed by atoms with E-state index in [1.165, 1.54) is 16.7 Å². The highest BCUT2D eigenvalue weighted by atomic mass is 16.5. The molecule has 0 fully saturated rings. The van der Waals surface area contributed by atoms with E-state index in [9.17, 15) is 4.79 Å². The average molecular weight is 388 g/mol. The van der Waals surface area contributed by atoms with Crippen LogP contribution >= 0.6 is 0 Å². The summed E-state index contributed by atoms with van der Waals surface area (Å²) in [5.74, 6) is 1.71. The van der Waals surface area contributed by atoms with Gasteiger partial charge in [-0.2, -0.15) is 4.98 Å². The number of rotatable bonds is 3. The number of aryl methyl sites for hydroxylation is 3. The van der Waals surface area contributed by atoms with Crippen molar-refractivity contribution in [1.29, 1.82) is 0 Å². The highest BCUT2D eigenvalue weighted by molar-refractivity contribution is 5.78. The molecule has 0 saturated heterocycles. The third-order valence-corrected chi connectivity index (χ3v) is 6.24. The van der Waals surface area contributed by atoms with Gasteiger partial charge in [0.25, 0.3) is 0 Å². The molecule has 2 aromatic heterocycles. The SMILES string of the molecule is Cc1nc(-c2c(C)ncc3c2CCN(C(=O)C[C@@H]2CCc4ccccc42)C3)no1. The first-order valence-electron chi connectivity index (χ1n) is 10.2. The second-order valence-electron chi connectivity index (χ2n) is 8.06. The van der Waals surface area contributed by atoms with Gasteiger partial charge in [-0.05, 0) is 54.4 Å². The molecule has 1 aliphatic heterocycles. The number of hydrogen-bond donors (Lipinski definition) is 0. The van der Waals surface area contributed by atoms with Crippen molar-refractivity contribution in [3.63, 3.8) is 0 Å². The van der Waals surface area contributed by atoms with Gasteiger partial charge in [-0.15, -0.1) is 0 Å². The van der Waals surface area contributed by atoms with Gasteiger partial charge in [0.05, 0.1) is 0 Å². The normalized spacial score (nSPS) is 17.9. The first-order valence-corrected chi connectivity index (χ1v) is 10.2. The molecule has 6 nitrogen and oxygen atoms in total. The van der Waals surface area contributed by atoms with Crippen LogP contribution in [-0.2, 0) is 24.2 Å². The number of amides is 1. The fourth-order valence-corrected chi connectivity index (χ4v) is 4.76. The third kappa shape index (κ3) is 3.22. The summed E-state index contributed by atoms with van der Waals surface area (Å²) in [6.07, 6.45) is 5.41. The monoisotopic (exact) mass is 388 g/mol. The van der Waals surface area contributed by atoms with Gasteiger partial charge in [-0.25, -0.2) is 0 Å². The Morgan fingerprint density at radius 3 is 2.90 bits per heavy atom. The maximum Gasteiger partial charge on any atom is 0.223 e. The van der Waals surface area contributed by atoms with Crippen LogP contribution in [-0.4, -0.2) is 32.5 Å². The van der Waals surface area contributed by atoms with Crippen molar-refractivity contribution in [2.24, 2.45) is 0 Å². The summed E-state index contributed by atoms with van der Waals surface area (Å²) in [5, 5.41) is 4.09. The lowest BCUT2D eigenvalue weighted by atomic mass is 9.93. The van der Waals surface area contributed by atoms with Crippen LogP contribution in [0.25, 0.3) is 11.4 Å². The lowest BCUT2D eigenvalue weighted by Crippen LogP contribution is -2.37. The Morgan fingerprint density at radius 1 is 1.21 bits per heavy atom. The van der Waals surface area contributed by atoms with E-state index in [0.717, 1.165) is 36.1 Å². The highest BCUT2D eigenvalue weighted by Crippen LogP contribution is 2.36. The van der Waals surface area contributed by atoms with E-state index in [2.05, 4.69) is 39.4 Å². The Bertz CT molecular complexity index is 1090. The molecule has 0 bridgehead atoms. The molecule has 3 aromatic rings. The summed E-state index contributed by atoms with van der Waals surface area (Å²) in [7, 11) is 0. The number of carbonyl (C=O) groups is 1. The van der Waals surface area contributed by atoms with E-state index in [1.54, 1.807) is 6.92 Å². The fourth-order valence-electron chi connectivity index (χ4n) is 4.76. The molecule has 3 heterocycles. The van der Waals surface area contributed by atoms with Crippen molar-refractivity contribution in [2.45, 2.75) is 52.0 Å². The van der Waals surface area contributed by atoms with Crippen LogP contribution in [0.15, 0.2) is 35.0 Å². The Labute approximate surface area is 170 Å². The number of benzene rings is 1. The molecule has 0 unspecified atom stereocenters. The van der Waals surface area contributed by atoms with Crippen LogP contribution in [0.5, 0.6) is 0 Å². The fraction of sp³-hybridized carbons (Fsp3) is 0.391. The molecule has 1 amide bonds. The lowest BCUT2D eigenvalue weighted by Gasteiger charge is -2.31. The van der Waals surface area contributed by atoms with Crippen molar-refractivity contribution in [1.82, 2.24) is 20.0 Å². The number of carbonyl (C=O) groups excluding carboxylic acids is 1. The Hall–Kier alpha value is -3.02. The maximum absolute atomic E-state index is 13.1. The summed E-state index contributed by atoms with van der Waals surface area (Å²) in [6, 6.07) is 8.53. The predicted octanol–water partition coefficient (Wildman–Crippen LogP) is 3.75. The van der Waals surface area contributed by atoms with E-state index < -0.39 is 0 Å². The van der Waals surface area contributed by atoms with E-state index in [0.29, 0.717) is 37.1 Å². The van der Waals surface area contributed by atoms with Crippen molar-refractivity contribution in [3.8, 4) is 11.4 Å². The molecule has 0 N–H and O–H groups in total. The minimum absolute atomic E-state index is 0.231. The van der Waals surface area contributed by atoms with Gasteiger partial charge in [0.1, 0.15) is 0 Å². The topological polar surface area (TPSA) is 72.1 Å². The van der Waals surface area contributed by atoms with Crippen LogP contribution in [0, 0.1) is 13.8 Å². The molecule has 1 aliphatic carbocycles. The van der Waals surface area contributed by atoms with Gasteiger partial charge in [0.15, 0.2) is 0 Å². The summed E-state index contributed by atoms with van der Waals surface area (Å²) in [6.45, 7) is 5.07. The highest BCUT2D eigenvalue weighted by Gasteiger charge is 2.29. The van der Waals surface area contributed by atoms with Crippen molar-refractivity contribution >= 4 is 5.91 Å². The van der Waals surface area contributed by atoms with E-state index in [1.807, 2.05) is 18.0 Å². The zero-order valence-corrected chi connectivity index (χ0v) is 16.8. The zero-order valence-electron chi connectivity index (χ0n) is 16.8. The van der Waals surface area contributed by atoms with Crippen LogP contribution < -0.4 is 0 Å². The molecular formula is C23H24N4O2. The molecule has 2 aliphatic rings. The van der Waals surface area contributed by atoms with Crippen LogP contribution in [0.2, 0.25) is 0 Å². The summed E-state index contributed by atoms with van der Waals surface area (Å²) >= 11 is 0. The van der Waals surface area contributed by atoms with Crippen LogP contribution in [0.4, 0.5) is 0 Å². The van der Waals surface area contributed by atoms with Crippen LogP contribution in [0.3, 0.4) is 0 Å². The second kappa shape index (κ2) is 7.10. The Balaban J connectivity index is 1.36. The molecule has 1 atom stereocenters. The summed E-state index contributed by atoms with van der Waals surface area (Å²) in [4.78, 5) is 24.0. The molecule has 0 radical (unpaired) electrons. The molecule has 1 aromatic carbocycles. The van der Waals surface area contributed by atoms with Gasteiger partial charge in [0.2, 0.25) is 17.6 Å². The number of aromatic nitrogens is 3. The Morgan fingerprint density at radius 2 is 2.07 bits per heavy atom. The van der Waals surface area contributed by atoms with Gasteiger partial charge < -0.3 is 9.42 Å². The molecule has 0 saturated carbocycles. The van der Waals surface area contributed by atoms with Crippen molar-refractivity contribution < 1.29 is 9.32 Å². The molecule has 0 spiro atoms. The quantitative estimate of drug-likeness (QED) is 0.683. The second-order valence-corrected chi connectivity index (χ2v) is 8.06. The van der Waals surface area contributed by atoms with Crippen molar-refractivity contribution in [3.05, 3.63) is 64.3 Å². The standard InChI is InChI=1S/C23H24N4O2/c1-14-22(23-25-15(2)29-26-23)20-9-10-27(13-18(20)12-24-14)21(28)11-17-8-7-16-5-3-4-6-19(16)17/h3-6,12,17H,7-11,13H2,1-2H3/t17-/m0/s1. The van der Waals surface area contributed by atoms with Crippen molar-refractivity contribution in [2.75, 3.05) is 6.54 Å². The van der Waals surface area contributed by atoms with E-state index in [4.69, 9.17) is 4.52 Å². The third-order valence-electron chi connectivity index (χ3n) is 6.24. The number of pyridine rings is 1. The number of nitrogens with zero attached hydrogens (tertiary/aromatic N) is 4. The van der Waals surface area contributed by atoms with Gasteiger partial charge >= 0.3 is 0 Å². The zero-order chi connectivity index (χ0) is 20.0. The first kappa shape index (κ1) is 18.0. The molecular weight excluding hydrogens is 364 g/mol. The lowest BCUT2D eigenvalue weighted by molar-refractivity contribution is -0.132. The molecule has 148 valence electrons. The largest absolute Gasteiger partial charge is 0.339 e. The smallest absolute Gasteiger partial charge is 0.223 e. The van der Waals surface area contributed by atoms with Crippen LogP contribution in [0.1, 0.15) is 52.6 Å². The minimum atomic E-state index is 0.231. The Kier molecular flexibility index (Phi) is 4.42. The van der Waals surface area contributed by atoms with Gasteiger partial charge in [0, 0.05) is 43.9 Å². The van der Waals surface area contributed by atoms with Gasteiger partial charge in [-0.3, -0.25) is 9.78 Å². The predicted molar refractivity (Wildman–Crippen MR) is 108 cm³/mol. The number of hydrogen-bond acceptors (Lipinski definition) is 5. The minimum Gasteiger partial charge on any atom is -0.339 e. The molecule has 5 rings (SSSR count).